The minimum atomic E-state index is 0.125. The number of hydrogen-bond donors (Lipinski definition) is 0. The predicted molar refractivity (Wildman–Crippen MR) is 158 cm³/mol. The second-order valence-corrected chi connectivity index (χ2v) is 10.4. The summed E-state index contributed by atoms with van der Waals surface area (Å²) in [4.78, 5) is 2.36. The van der Waals surface area contributed by atoms with Crippen molar-refractivity contribution in [3.8, 4) is 16.8 Å². The maximum absolute atomic E-state index is 2.49. The average molecular weight is 499 g/mol. The number of rotatable bonds is 3. The maximum atomic E-state index is 2.49. The Morgan fingerprint density at radius 1 is 0.564 bits per heavy atom. The maximum Gasteiger partial charge on any atom is 0.295 e. The molecule has 0 fully saturated rings. The largest absolute Gasteiger partial charge is 0.310 e. The van der Waals surface area contributed by atoms with E-state index in [4.69, 9.17) is 0 Å². The van der Waals surface area contributed by atoms with Crippen LogP contribution in [0.5, 0.6) is 0 Å². The molecule has 3 nitrogen and oxygen atoms in total. The van der Waals surface area contributed by atoms with Crippen LogP contribution in [-0.2, 0) is 0 Å². The van der Waals surface area contributed by atoms with Crippen LogP contribution in [0.3, 0.4) is 0 Å². The Balaban J connectivity index is 1.33. The fourth-order valence-electron chi connectivity index (χ4n) is 6.90. The Hall–Kier alpha value is -5.15. The zero-order valence-corrected chi connectivity index (χ0v) is 21.2. The molecule has 5 aromatic carbocycles. The highest BCUT2D eigenvalue weighted by molar-refractivity contribution is 6.07. The predicted octanol–water partition coefficient (Wildman–Crippen LogP) is 8.47. The summed E-state index contributed by atoms with van der Waals surface area (Å²) in [6.45, 7) is 0. The van der Waals surface area contributed by atoms with Crippen molar-refractivity contribution in [1.82, 2.24) is 4.57 Å². The summed E-state index contributed by atoms with van der Waals surface area (Å²) in [5.41, 5.74) is 12.7. The molecule has 0 bridgehead atoms. The Bertz CT molecular complexity index is 2030. The number of fused-ring (bicyclic) bond motifs is 8. The topological polar surface area (TPSA) is 12.1 Å². The number of anilines is 3. The summed E-state index contributed by atoms with van der Waals surface area (Å²) >= 11 is 0. The molecule has 1 aliphatic heterocycles. The molecule has 1 aliphatic carbocycles. The minimum Gasteiger partial charge on any atom is -0.310 e. The van der Waals surface area contributed by atoms with Gasteiger partial charge < -0.3 is 4.90 Å². The molecule has 1 unspecified atom stereocenters. The highest BCUT2D eigenvalue weighted by atomic mass is 15.2. The minimum absolute atomic E-state index is 0.125. The first kappa shape index (κ1) is 20.9. The van der Waals surface area contributed by atoms with Gasteiger partial charge in [0.25, 0.3) is 5.65 Å². The van der Waals surface area contributed by atoms with Gasteiger partial charge in [-0.3, -0.25) is 0 Å². The van der Waals surface area contributed by atoms with Crippen LogP contribution in [-0.4, -0.2) is 4.57 Å². The molecular formula is C36H24N3+. The third-order valence-corrected chi connectivity index (χ3v) is 8.42. The van der Waals surface area contributed by atoms with Crippen LogP contribution in [0.1, 0.15) is 17.2 Å². The molecule has 39 heavy (non-hydrogen) atoms. The molecule has 0 radical (unpaired) electrons. The summed E-state index contributed by atoms with van der Waals surface area (Å²) < 4.78 is 4.96. The van der Waals surface area contributed by atoms with Crippen molar-refractivity contribution in [3.63, 3.8) is 0 Å². The SMILES string of the molecule is c1ccc(N(c2ccccc2)c2ccc3c(c2)C2c4c-3cccc4-n3c4ccccc4c4ccc[n+]2c43)cc1. The first-order valence-corrected chi connectivity index (χ1v) is 13.5. The van der Waals surface area contributed by atoms with Crippen LogP contribution in [0.4, 0.5) is 17.1 Å². The number of benzene rings is 5. The van der Waals surface area contributed by atoms with Gasteiger partial charge in [0.2, 0.25) is 0 Å². The van der Waals surface area contributed by atoms with Gasteiger partial charge in [-0.1, -0.05) is 66.7 Å². The van der Waals surface area contributed by atoms with Crippen LogP contribution in [0.25, 0.3) is 38.8 Å². The molecular weight excluding hydrogens is 474 g/mol. The Labute approximate surface area is 226 Å². The number of aromatic nitrogens is 2. The van der Waals surface area contributed by atoms with Crippen LogP contribution in [0, 0.1) is 0 Å². The average Bonchev–Trinajstić information content (AvgIpc) is 3.52. The van der Waals surface area contributed by atoms with E-state index < -0.39 is 0 Å². The van der Waals surface area contributed by atoms with Gasteiger partial charge in [-0.05, 0) is 77.9 Å². The first-order valence-electron chi connectivity index (χ1n) is 13.5. The first-order chi connectivity index (χ1) is 19.4. The van der Waals surface area contributed by atoms with E-state index in [9.17, 15) is 0 Å². The van der Waals surface area contributed by atoms with Crippen LogP contribution >= 0.6 is 0 Å². The summed E-state index contributed by atoms with van der Waals surface area (Å²) in [5.74, 6) is 0. The van der Waals surface area contributed by atoms with Gasteiger partial charge in [0, 0.05) is 28.0 Å². The van der Waals surface area contributed by atoms with Gasteiger partial charge in [-0.15, -0.1) is 0 Å². The zero-order valence-electron chi connectivity index (χ0n) is 21.2. The van der Waals surface area contributed by atoms with Gasteiger partial charge in [0.05, 0.1) is 17.1 Å². The van der Waals surface area contributed by atoms with E-state index >= 15 is 0 Å². The molecule has 0 N–H and O–H groups in total. The summed E-state index contributed by atoms with van der Waals surface area (Å²) in [6.07, 6.45) is 2.26. The fourth-order valence-corrected chi connectivity index (χ4v) is 6.90. The van der Waals surface area contributed by atoms with Crippen molar-refractivity contribution in [2.45, 2.75) is 6.04 Å². The van der Waals surface area contributed by atoms with Crippen LogP contribution in [0.15, 0.2) is 140 Å². The molecule has 3 heteroatoms. The molecule has 9 rings (SSSR count). The molecule has 2 aliphatic rings. The highest BCUT2D eigenvalue weighted by Crippen LogP contribution is 2.51. The zero-order chi connectivity index (χ0) is 25.5. The monoisotopic (exact) mass is 498 g/mol. The van der Waals surface area contributed by atoms with Crippen LogP contribution in [0.2, 0.25) is 0 Å². The van der Waals surface area contributed by atoms with Crippen molar-refractivity contribution in [1.29, 1.82) is 0 Å². The number of pyridine rings is 1. The third-order valence-electron chi connectivity index (χ3n) is 8.42. The Kier molecular flexibility index (Phi) is 4.11. The van der Waals surface area contributed by atoms with Gasteiger partial charge in [0.1, 0.15) is 11.2 Å². The van der Waals surface area contributed by atoms with Gasteiger partial charge in [-0.2, -0.15) is 4.57 Å². The molecule has 0 amide bonds. The van der Waals surface area contributed by atoms with Crippen molar-refractivity contribution in [2.24, 2.45) is 0 Å². The van der Waals surface area contributed by atoms with E-state index in [-0.39, 0.29) is 6.04 Å². The van der Waals surface area contributed by atoms with E-state index in [1.165, 1.54) is 55.6 Å². The lowest BCUT2D eigenvalue weighted by atomic mass is 10.00. The molecule has 2 aromatic heterocycles. The van der Waals surface area contributed by atoms with E-state index in [0.29, 0.717) is 0 Å². The summed E-state index contributed by atoms with van der Waals surface area (Å²) in [6, 6.07) is 48.5. The van der Waals surface area contributed by atoms with E-state index in [1.54, 1.807) is 0 Å². The molecule has 1 atom stereocenters. The second-order valence-electron chi connectivity index (χ2n) is 10.4. The van der Waals surface area contributed by atoms with Crippen molar-refractivity contribution >= 4 is 39.0 Å². The summed E-state index contributed by atoms with van der Waals surface area (Å²) in [7, 11) is 0. The van der Waals surface area contributed by atoms with Crippen molar-refractivity contribution in [3.05, 3.63) is 151 Å². The fraction of sp³-hybridized carbons (Fsp3) is 0.0278. The van der Waals surface area contributed by atoms with Gasteiger partial charge >= 0.3 is 0 Å². The highest BCUT2D eigenvalue weighted by Gasteiger charge is 2.43. The van der Waals surface area contributed by atoms with Crippen molar-refractivity contribution in [2.75, 3.05) is 4.90 Å². The lowest BCUT2D eigenvalue weighted by Crippen LogP contribution is -2.44. The van der Waals surface area contributed by atoms with Crippen LogP contribution < -0.4 is 9.47 Å². The Morgan fingerprint density at radius 3 is 2.08 bits per heavy atom. The Morgan fingerprint density at radius 2 is 1.28 bits per heavy atom. The smallest absolute Gasteiger partial charge is 0.295 e. The third kappa shape index (κ3) is 2.74. The molecule has 3 heterocycles. The number of nitrogens with zero attached hydrogens (tertiary/aromatic N) is 3. The summed E-state index contributed by atoms with van der Waals surface area (Å²) in [5, 5.41) is 2.59. The van der Waals surface area contributed by atoms with Gasteiger partial charge in [-0.25, -0.2) is 4.57 Å². The van der Waals surface area contributed by atoms with Crippen molar-refractivity contribution < 1.29 is 4.57 Å². The standard InChI is InChI=1S/C36H24N3/c1-3-11-24(12-4-1)38(25-13-5-2-6-14-25)26-20-21-27-29-16-9-19-33-34(29)35(31(27)23-26)37-22-10-17-30-28-15-7-8-18-32(28)39(33)36(30)37/h1-23,35H/q+1. The number of para-hydroxylation sites is 3. The molecule has 7 aromatic rings. The molecule has 0 spiro atoms. The molecule has 0 saturated carbocycles. The second kappa shape index (κ2) is 7.68. The van der Waals surface area contributed by atoms with Gasteiger partial charge in [0.15, 0.2) is 6.04 Å². The van der Waals surface area contributed by atoms with E-state index in [2.05, 4.69) is 154 Å². The van der Waals surface area contributed by atoms with E-state index in [1.807, 2.05) is 0 Å². The molecule has 0 saturated heterocycles. The lowest BCUT2D eigenvalue weighted by molar-refractivity contribution is -0.682. The molecule has 182 valence electrons. The normalized spacial score (nSPS) is 14.4. The number of hydrogen-bond acceptors (Lipinski definition) is 1. The lowest BCUT2D eigenvalue weighted by Gasteiger charge is -2.26. The van der Waals surface area contributed by atoms with E-state index in [0.717, 1.165) is 11.4 Å². The quantitative estimate of drug-likeness (QED) is 0.223.